The summed E-state index contributed by atoms with van der Waals surface area (Å²) in [6.07, 6.45) is 0.381. The number of aryl methyl sites for hydroxylation is 1. The predicted molar refractivity (Wildman–Crippen MR) is 84.8 cm³/mol. The average molecular weight is 291 g/mol. The minimum absolute atomic E-state index is 0. The van der Waals surface area contributed by atoms with E-state index in [1.165, 1.54) is 5.56 Å². The first-order chi connectivity index (χ1) is 9.13. The van der Waals surface area contributed by atoms with E-state index in [1.54, 1.807) is 0 Å². The Balaban J connectivity index is 0.00000200. The number of benzene rings is 2. The fourth-order valence-corrected chi connectivity index (χ4v) is 1.79. The van der Waals surface area contributed by atoms with E-state index in [9.17, 15) is 4.79 Å². The van der Waals surface area contributed by atoms with E-state index in [2.05, 4.69) is 5.32 Å². The number of nitrogens with two attached hydrogens (primary N) is 1. The molecule has 4 heteroatoms. The minimum atomic E-state index is 0. The highest BCUT2D eigenvalue weighted by Crippen LogP contribution is 2.06. The van der Waals surface area contributed by atoms with Crippen molar-refractivity contribution in [2.24, 2.45) is 0 Å². The van der Waals surface area contributed by atoms with Gasteiger partial charge in [-0.25, -0.2) is 0 Å². The molecule has 2 rings (SSSR count). The molecule has 0 bridgehead atoms. The summed E-state index contributed by atoms with van der Waals surface area (Å²) in [5.74, 6) is 0.0188. The summed E-state index contributed by atoms with van der Waals surface area (Å²) < 4.78 is 0. The number of carbonyl (C=O) groups excluding carboxylic acids is 1. The van der Waals surface area contributed by atoms with Gasteiger partial charge < -0.3 is 11.1 Å². The summed E-state index contributed by atoms with van der Waals surface area (Å²) in [5, 5.41) is 2.91. The summed E-state index contributed by atoms with van der Waals surface area (Å²) in [7, 11) is 0. The maximum atomic E-state index is 11.8. The van der Waals surface area contributed by atoms with Gasteiger partial charge in [-0.15, -0.1) is 12.4 Å². The lowest BCUT2D eigenvalue weighted by Crippen LogP contribution is -2.24. The van der Waals surface area contributed by atoms with Crippen LogP contribution >= 0.6 is 12.4 Å². The summed E-state index contributed by atoms with van der Waals surface area (Å²) >= 11 is 0. The van der Waals surface area contributed by atoms with Crippen LogP contribution in [0.1, 0.15) is 16.7 Å². The Morgan fingerprint density at radius 3 is 2.15 bits per heavy atom. The molecule has 0 aliphatic carbocycles. The van der Waals surface area contributed by atoms with Crippen LogP contribution in [-0.4, -0.2) is 5.91 Å². The molecule has 20 heavy (non-hydrogen) atoms. The molecule has 0 saturated heterocycles. The largest absolute Gasteiger partial charge is 0.399 e. The van der Waals surface area contributed by atoms with Crippen LogP contribution in [0, 0.1) is 6.92 Å². The number of carbonyl (C=O) groups is 1. The lowest BCUT2D eigenvalue weighted by molar-refractivity contribution is -0.120. The van der Waals surface area contributed by atoms with Gasteiger partial charge in [-0.05, 0) is 30.2 Å². The summed E-state index contributed by atoms with van der Waals surface area (Å²) in [6.45, 7) is 2.61. The number of nitrogen functional groups attached to an aromatic ring is 1. The van der Waals surface area contributed by atoms with Gasteiger partial charge >= 0.3 is 0 Å². The first-order valence-electron chi connectivity index (χ1n) is 6.30. The Morgan fingerprint density at radius 2 is 1.55 bits per heavy atom. The van der Waals surface area contributed by atoms with Crippen molar-refractivity contribution in [2.45, 2.75) is 19.9 Å². The van der Waals surface area contributed by atoms with Gasteiger partial charge in [-0.2, -0.15) is 0 Å². The normalized spacial score (nSPS) is 9.65. The maximum Gasteiger partial charge on any atom is 0.224 e. The second-order valence-corrected chi connectivity index (χ2v) is 4.68. The molecule has 0 saturated carbocycles. The molecule has 0 aromatic heterocycles. The first kappa shape index (κ1) is 16.1. The van der Waals surface area contributed by atoms with E-state index in [0.717, 1.165) is 11.1 Å². The SMILES string of the molecule is Cc1ccc(CNC(=O)Cc2ccc(N)cc2)cc1.Cl. The van der Waals surface area contributed by atoms with Crippen molar-refractivity contribution in [2.75, 3.05) is 5.73 Å². The quantitative estimate of drug-likeness (QED) is 0.851. The number of rotatable bonds is 4. The Kier molecular flexibility index (Phi) is 6.07. The zero-order valence-corrected chi connectivity index (χ0v) is 12.2. The van der Waals surface area contributed by atoms with E-state index in [1.807, 2.05) is 55.5 Å². The monoisotopic (exact) mass is 290 g/mol. The molecule has 0 fully saturated rings. The smallest absolute Gasteiger partial charge is 0.224 e. The molecule has 0 spiro atoms. The van der Waals surface area contributed by atoms with E-state index >= 15 is 0 Å². The number of nitrogens with one attached hydrogen (secondary N) is 1. The van der Waals surface area contributed by atoms with Crippen molar-refractivity contribution >= 4 is 24.0 Å². The average Bonchev–Trinajstić information content (AvgIpc) is 2.41. The number of amides is 1. The fraction of sp³-hybridized carbons (Fsp3) is 0.188. The number of anilines is 1. The molecule has 0 aliphatic heterocycles. The molecule has 0 aliphatic rings. The van der Waals surface area contributed by atoms with Crippen LogP contribution in [0.4, 0.5) is 5.69 Å². The van der Waals surface area contributed by atoms with E-state index < -0.39 is 0 Å². The molecule has 2 aromatic carbocycles. The van der Waals surface area contributed by atoms with Crippen LogP contribution < -0.4 is 11.1 Å². The lowest BCUT2D eigenvalue weighted by atomic mass is 10.1. The minimum Gasteiger partial charge on any atom is -0.399 e. The third kappa shape index (κ3) is 4.94. The van der Waals surface area contributed by atoms with Gasteiger partial charge in [0.2, 0.25) is 5.91 Å². The van der Waals surface area contributed by atoms with Crippen LogP contribution in [0.15, 0.2) is 48.5 Å². The highest BCUT2D eigenvalue weighted by atomic mass is 35.5. The Labute approximate surface area is 125 Å². The van der Waals surface area contributed by atoms with Crippen LogP contribution in [0.3, 0.4) is 0 Å². The Morgan fingerprint density at radius 1 is 1.00 bits per heavy atom. The molecule has 3 nitrogen and oxygen atoms in total. The van der Waals surface area contributed by atoms with E-state index in [4.69, 9.17) is 5.73 Å². The molecule has 2 aromatic rings. The molecule has 106 valence electrons. The van der Waals surface area contributed by atoms with E-state index in [0.29, 0.717) is 18.7 Å². The van der Waals surface area contributed by atoms with Gasteiger partial charge in [-0.1, -0.05) is 42.0 Å². The fourth-order valence-electron chi connectivity index (χ4n) is 1.79. The number of hydrogen-bond acceptors (Lipinski definition) is 2. The molecule has 1 amide bonds. The zero-order chi connectivity index (χ0) is 13.7. The van der Waals surface area contributed by atoms with Crippen molar-refractivity contribution in [3.05, 3.63) is 65.2 Å². The molecule has 0 radical (unpaired) electrons. The van der Waals surface area contributed by atoms with Crippen molar-refractivity contribution in [3.8, 4) is 0 Å². The van der Waals surface area contributed by atoms with Gasteiger partial charge in [0.25, 0.3) is 0 Å². The zero-order valence-electron chi connectivity index (χ0n) is 11.4. The molecule has 3 N–H and O–H groups in total. The van der Waals surface area contributed by atoms with Gasteiger partial charge in [0.15, 0.2) is 0 Å². The first-order valence-corrected chi connectivity index (χ1v) is 6.30. The van der Waals surface area contributed by atoms with E-state index in [-0.39, 0.29) is 18.3 Å². The van der Waals surface area contributed by atoms with Crippen molar-refractivity contribution in [1.29, 1.82) is 0 Å². The van der Waals surface area contributed by atoms with Gasteiger partial charge in [0.05, 0.1) is 6.42 Å². The van der Waals surface area contributed by atoms with Crippen molar-refractivity contribution in [1.82, 2.24) is 5.32 Å². The van der Waals surface area contributed by atoms with Crippen molar-refractivity contribution in [3.63, 3.8) is 0 Å². The predicted octanol–water partition coefficient (Wildman–Crippen LogP) is 2.86. The summed E-state index contributed by atoms with van der Waals surface area (Å²) in [6, 6.07) is 15.5. The second kappa shape index (κ2) is 7.56. The summed E-state index contributed by atoms with van der Waals surface area (Å²) in [4.78, 5) is 11.8. The molecule has 0 heterocycles. The number of halogens is 1. The molecule has 0 atom stereocenters. The molecular weight excluding hydrogens is 272 g/mol. The topological polar surface area (TPSA) is 55.1 Å². The van der Waals surface area contributed by atoms with Crippen molar-refractivity contribution < 1.29 is 4.79 Å². The maximum absolute atomic E-state index is 11.8. The van der Waals surface area contributed by atoms with Crippen LogP contribution in [0.5, 0.6) is 0 Å². The molecular formula is C16H19ClN2O. The van der Waals surface area contributed by atoms with Crippen LogP contribution in [0.25, 0.3) is 0 Å². The Bertz CT molecular complexity index is 550. The van der Waals surface area contributed by atoms with Gasteiger partial charge in [-0.3, -0.25) is 4.79 Å². The lowest BCUT2D eigenvalue weighted by Gasteiger charge is -2.06. The standard InChI is InChI=1S/C16H18N2O.ClH/c1-12-2-4-14(5-3-12)11-18-16(19)10-13-6-8-15(17)9-7-13;/h2-9H,10-11,17H2,1H3,(H,18,19);1H. The van der Waals surface area contributed by atoms with Crippen LogP contribution in [0.2, 0.25) is 0 Å². The third-order valence-electron chi connectivity index (χ3n) is 2.95. The Hall–Kier alpha value is -2.00. The highest BCUT2D eigenvalue weighted by molar-refractivity contribution is 5.85. The number of hydrogen-bond donors (Lipinski definition) is 2. The van der Waals surface area contributed by atoms with Crippen LogP contribution in [-0.2, 0) is 17.8 Å². The summed E-state index contributed by atoms with van der Waals surface area (Å²) in [5.41, 5.74) is 9.61. The highest BCUT2D eigenvalue weighted by Gasteiger charge is 2.03. The van der Waals surface area contributed by atoms with Gasteiger partial charge in [0, 0.05) is 12.2 Å². The molecule has 0 unspecified atom stereocenters. The second-order valence-electron chi connectivity index (χ2n) is 4.68. The van der Waals surface area contributed by atoms with Gasteiger partial charge in [0.1, 0.15) is 0 Å². The third-order valence-corrected chi connectivity index (χ3v) is 2.95.